The zero-order valence-electron chi connectivity index (χ0n) is 6.07. The molecular weight excluding hydrogens is 166 g/mol. The van der Waals surface area contributed by atoms with Gasteiger partial charge in [-0.05, 0) is 6.92 Å². The highest BCUT2D eigenvalue weighted by Gasteiger charge is 2.33. The minimum Gasteiger partial charge on any atom is -0.411 e. The van der Waals surface area contributed by atoms with Crippen LogP contribution >= 0.6 is 23.5 Å². The van der Waals surface area contributed by atoms with Crippen molar-refractivity contribution in [3.63, 3.8) is 0 Å². The van der Waals surface area contributed by atoms with Crippen molar-refractivity contribution in [2.75, 3.05) is 5.75 Å². The molecule has 0 bridgehead atoms. The summed E-state index contributed by atoms with van der Waals surface area (Å²) in [5.74, 6) is 1.15. The number of thioether (sulfide) groups is 2. The van der Waals surface area contributed by atoms with Crippen LogP contribution in [0.3, 0.4) is 0 Å². The summed E-state index contributed by atoms with van der Waals surface area (Å²) in [4.78, 5) is 0. The van der Waals surface area contributed by atoms with Crippen LogP contribution in [0.2, 0.25) is 0 Å². The van der Waals surface area contributed by atoms with Crippen LogP contribution in [0, 0.1) is 0 Å². The van der Waals surface area contributed by atoms with E-state index in [1.54, 1.807) is 6.21 Å². The molecule has 1 heterocycles. The molecule has 2 unspecified atom stereocenters. The first-order valence-corrected chi connectivity index (χ1v) is 5.03. The second-order valence-corrected chi connectivity index (χ2v) is 6.12. The number of hydrogen-bond donors (Lipinski definition) is 1. The Bertz CT molecular complexity index is 151. The molecule has 0 spiro atoms. The SMILES string of the molecule is CC1CSC(C)(C=NO)S1. The van der Waals surface area contributed by atoms with Gasteiger partial charge in [-0.1, -0.05) is 12.1 Å². The average Bonchev–Trinajstić information content (AvgIpc) is 2.12. The Morgan fingerprint density at radius 3 is 2.90 bits per heavy atom. The molecule has 2 nitrogen and oxygen atoms in total. The van der Waals surface area contributed by atoms with Crippen LogP contribution in [-0.2, 0) is 0 Å². The normalized spacial score (nSPS) is 41.2. The molecule has 4 heteroatoms. The first kappa shape index (κ1) is 8.27. The van der Waals surface area contributed by atoms with Crippen molar-refractivity contribution in [1.82, 2.24) is 0 Å². The van der Waals surface area contributed by atoms with Gasteiger partial charge in [0.15, 0.2) is 0 Å². The molecule has 1 N–H and O–H groups in total. The van der Waals surface area contributed by atoms with Gasteiger partial charge in [0.25, 0.3) is 0 Å². The lowest BCUT2D eigenvalue weighted by Gasteiger charge is -2.13. The van der Waals surface area contributed by atoms with Crippen molar-refractivity contribution in [3.05, 3.63) is 0 Å². The van der Waals surface area contributed by atoms with Gasteiger partial charge in [-0.2, -0.15) is 0 Å². The summed E-state index contributed by atoms with van der Waals surface area (Å²) in [5, 5.41) is 12.1. The molecule has 1 aliphatic heterocycles. The van der Waals surface area contributed by atoms with Crippen molar-refractivity contribution in [2.24, 2.45) is 5.16 Å². The van der Waals surface area contributed by atoms with Gasteiger partial charge in [0.2, 0.25) is 0 Å². The van der Waals surface area contributed by atoms with E-state index < -0.39 is 0 Å². The van der Waals surface area contributed by atoms with Crippen molar-refractivity contribution >= 4 is 29.7 Å². The highest BCUT2D eigenvalue weighted by molar-refractivity contribution is 8.22. The van der Waals surface area contributed by atoms with E-state index in [1.807, 2.05) is 23.5 Å². The van der Waals surface area contributed by atoms with Crippen LogP contribution < -0.4 is 0 Å². The molecule has 58 valence electrons. The molecule has 10 heavy (non-hydrogen) atoms. The van der Waals surface area contributed by atoms with Gasteiger partial charge >= 0.3 is 0 Å². The van der Waals surface area contributed by atoms with E-state index in [0.717, 1.165) is 5.75 Å². The third kappa shape index (κ3) is 1.83. The first-order valence-electron chi connectivity index (χ1n) is 3.17. The molecule has 0 radical (unpaired) electrons. The monoisotopic (exact) mass is 177 g/mol. The lowest BCUT2D eigenvalue weighted by Crippen LogP contribution is -2.12. The maximum absolute atomic E-state index is 8.32. The third-order valence-electron chi connectivity index (χ3n) is 1.33. The van der Waals surface area contributed by atoms with Crippen LogP contribution in [0.25, 0.3) is 0 Å². The summed E-state index contributed by atoms with van der Waals surface area (Å²) in [5.41, 5.74) is 0. The maximum atomic E-state index is 8.32. The molecule has 1 rings (SSSR count). The smallest absolute Gasteiger partial charge is 0.0969 e. The minimum atomic E-state index is 0.00810. The van der Waals surface area contributed by atoms with Gasteiger partial charge < -0.3 is 5.21 Å². The third-order valence-corrected chi connectivity index (χ3v) is 4.67. The Morgan fingerprint density at radius 2 is 2.50 bits per heavy atom. The van der Waals surface area contributed by atoms with Crippen molar-refractivity contribution in [1.29, 1.82) is 0 Å². The van der Waals surface area contributed by atoms with Crippen molar-refractivity contribution in [3.8, 4) is 0 Å². The molecular formula is C6H11NOS2. The second-order valence-electron chi connectivity index (χ2n) is 2.50. The largest absolute Gasteiger partial charge is 0.411 e. The molecule has 0 aromatic carbocycles. The predicted octanol–water partition coefficient (Wildman–Crippen LogP) is 2.03. The molecule has 0 aliphatic carbocycles. The van der Waals surface area contributed by atoms with Crippen LogP contribution in [0.5, 0.6) is 0 Å². The minimum absolute atomic E-state index is 0.00810. The number of oxime groups is 1. The van der Waals surface area contributed by atoms with Crippen molar-refractivity contribution in [2.45, 2.75) is 23.2 Å². The fourth-order valence-corrected chi connectivity index (χ4v) is 3.96. The van der Waals surface area contributed by atoms with E-state index in [4.69, 9.17) is 5.21 Å². The van der Waals surface area contributed by atoms with Crippen LogP contribution in [0.15, 0.2) is 5.16 Å². The first-order chi connectivity index (χ1) is 4.66. The molecule has 0 aromatic heterocycles. The van der Waals surface area contributed by atoms with Crippen LogP contribution in [-0.4, -0.2) is 26.5 Å². The number of hydrogen-bond acceptors (Lipinski definition) is 4. The number of rotatable bonds is 1. The van der Waals surface area contributed by atoms with E-state index >= 15 is 0 Å². The quantitative estimate of drug-likeness (QED) is 0.378. The fourth-order valence-electron chi connectivity index (χ4n) is 0.923. The Morgan fingerprint density at radius 1 is 1.80 bits per heavy atom. The van der Waals surface area contributed by atoms with E-state index in [0.29, 0.717) is 5.25 Å². The standard InChI is InChI=1S/C6H11NOS2/c1-5-3-9-6(2,10-5)4-7-8/h4-5,8H,3H2,1-2H3. The Labute approximate surface area is 69.4 Å². The van der Waals surface area contributed by atoms with E-state index in [2.05, 4.69) is 19.0 Å². The van der Waals surface area contributed by atoms with Crippen LogP contribution in [0.4, 0.5) is 0 Å². The van der Waals surface area contributed by atoms with Gasteiger partial charge in [0.05, 0.1) is 10.3 Å². The van der Waals surface area contributed by atoms with Gasteiger partial charge in [-0.25, -0.2) is 0 Å². The Kier molecular flexibility index (Phi) is 2.52. The molecule has 0 aromatic rings. The van der Waals surface area contributed by atoms with Gasteiger partial charge in [-0.3, -0.25) is 0 Å². The number of nitrogens with zero attached hydrogens (tertiary/aromatic N) is 1. The summed E-state index contributed by atoms with van der Waals surface area (Å²) in [6, 6.07) is 0. The Hall–Kier alpha value is 0.170. The van der Waals surface area contributed by atoms with Gasteiger partial charge in [0, 0.05) is 11.0 Å². The molecule has 0 saturated carbocycles. The van der Waals surface area contributed by atoms with Crippen molar-refractivity contribution < 1.29 is 5.21 Å². The summed E-state index contributed by atoms with van der Waals surface area (Å²) in [6.45, 7) is 4.26. The summed E-state index contributed by atoms with van der Waals surface area (Å²) >= 11 is 3.68. The lowest BCUT2D eigenvalue weighted by molar-refractivity contribution is 0.320. The van der Waals surface area contributed by atoms with Crippen LogP contribution in [0.1, 0.15) is 13.8 Å². The lowest BCUT2D eigenvalue weighted by atomic mass is 10.5. The fraction of sp³-hybridized carbons (Fsp3) is 0.833. The zero-order chi connectivity index (χ0) is 7.61. The van der Waals surface area contributed by atoms with Gasteiger partial charge in [-0.15, -0.1) is 23.5 Å². The summed E-state index contributed by atoms with van der Waals surface area (Å²) in [6.07, 6.45) is 1.60. The zero-order valence-corrected chi connectivity index (χ0v) is 7.71. The van der Waals surface area contributed by atoms with E-state index in [9.17, 15) is 0 Å². The predicted molar refractivity (Wildman–Crippen MR) is 48.2 cm³/mol. The van der Waals surface area contributed by atoms with E-state index in [1.165, 1.54) is 0 Å². The molecule has 1 aliphatic rings. The molecule has 1 fully saturated rings. The average molecular weight is 177 g/mol. The molecule has 2 atom stereocenters. The van der Waals surface area contributed by atoms with E-state index in [-0.39, 0.29) is 4.08 Å². The second kappa shape index (κ2) is 3.05. The molecule has 0 amide bonds. The molecule has 1 saturated heterocycles. The summed E-state index contributed by atoms with van der Waals surface area (Å²) < 4.78 is 0.00810. The maximum Gasteiger partial charge on any atom is 0.0969 e. The Balaban J connectivity index is 2.54. The van der Waals surface area contributed by atoms with Gasteiger partial charge in [0.1, 0.15) is 0 Å². The highest BCUT2D eigenvalue weighted by Crippen LogP contribution is 2.46. The summed E-state index contributed by atoms with van der Waals surface area (Å²) in [7, 11) is 0. The topological polar surface area (TPSA) is 32.6 Å². The highest BCUT2D eigenvalue weighted by atomic mass is 32.2.